The van der Waals surface area contributed by atoms with Crippen molar-refractivity contribution in [2.45, 2.75) is 18.8 Å². The van der Waals surface area contributed by atoms with Crippen LogP contribution in [0.15, 0.2) is 16.9 Å². The summed E-state index contributed by atoms with van der Waals surface area (Å²) in [5, 5.41) is 0. The molecule has 0 aromatic carbocycles. The monoisotopic (exact) mass is 242 g/mol. The van der Waals surface area contributed by atoms with E-state index < -0.39 is 0 Å². The van der Waals surface area contributed by atoms with E-state index in [0.717, 1.165) is 36.4 Å². The van der Waals surface area contributed by atoms with Crippen LogP contribution in [-0.4, -0.2) is 23.2 Å². The Bertz CT molecular complexity index is 269. The number of halogens is 1. The zero-order chi connectivity index (χ0) is 9.10. The number of hydrogen-bond acceptors (Lipinski definition) is 3. The highest BCUT2D eigenvalue weighted by molar-refractivity contribution is 9.10. The van der Waals surface area contributed by atoms with Crippen LogP contribution in [0.3, 0.4) is 0 Å². The summed E-state index contributed by atoms with van der Waals surface area (Å²) in [6, 6.07) is 0. The SMILES string of the molecule is Brc1cnc(C2CCOCC2)nc1. The molecule has 0 aliphatic carbocycles. The van der Waals surface area contributed by atoms with Crippen molar-refractivity contribution in [1.29, 1.82) is 0 Å². The molecule has 1 saturated heterocycles. The summed E-state index contributed by atoms with van der Waals surface area (Å²) in [4.78, 5) is 8.58. The normalized spacial score (nSPS) is 18.8. The number of hydrogen-bond donors (Lipinski definition) is 0. The van der Waals surface area contributed by atoms with Gasteiger partial charge < -0.3 is 4.74 Å². The van der Waals surface area contributed by atoms with Gasteiger partial charge in [-0.3, -0.25) is 0 Å². The van der Waals surface area contributed by atoms with Gasteiger partial charge in [0, 0.05) is 31.5 Å². The van der Waals surface area contributed by atoms with E-state index in [0.29, 0.717) is 5.92 Å². The Kier molecular flexibility index (Phi) is 2.90. The van der Waals surface area contributed by atoms with Crippen molar-refractivity contribution in [2.24, 2.45) is 0 Å². The predicted octanol–water partition coefficient (Wildman–Crippen LogP) is 2.13. The van der Waals surface area contributed by atoms with E-state index in [2.05, 4.69) is 25.9 Å². The van der Waals surface area contributed by atoms with E-state index >= 15 is 0 Å². The van der Waals surface area contributed by atoms with Gasteiger partial charge in [-0.2, -0.15) is 0 Å². The fraction of sp³-hybridized carbons (Fsp3) is 0.556. The van der Waals surface area contributed by atoms with Gasteiger partial charge in [-0.15, -0.1) is 0 Å². The predicted molar refractivity (Wildman–Crippen MR) is 52.5 cm³/mol. The summed E-state index contributed by atoms with van der Waals surface area (Å²) in [5.41, 5.74) is 0. The minimum absolute atomic E-state index is 0.488. The molecule has 1 aliphatic heterocycles. The Balaban J connectivity index is 2.10. The Morgan fingerprint density at radius 1 is 1.23 bits per heavy atom. The van der Waals surface area contributed by atoms with Crippen LogP contribution < -0.4 is 0 Å². The molecule has 0 saturated carbocycles. The highest BCUT2D eigenvalue weighted by Gasteiger charge is 2.17. The lowest BCUT2D eigenvalue weighted by Gasteiger charge is -2.20. The van der Waals surface area contributed by atoms with Gasteiger partial charge in [0.05, 0.1) is 4.47 Å². The summed E-state index contributed by atoms with van der Waals surface area (Å²) in [6.07, 6.45) is 5.69. The summed E-state index contributed by atoms with van der Waals surface area (Å²) in [5.74, 6) is 1.44. The number of nitrogens with zero attached hydrogens (tertiary/aromatic N) is 2. The molecule has 1 aromatic rings. The van der Waals surface area contributed by atoms with Gasteiger partial charge in [0.15, 0.2) is 0 Å². The zero-order valence-electron chi connectivity index (χ0n) is 7.24. The maximum atomic E-state index is 5.28. The average Bonchev–Trinajstić information content (AvgIpc) is 2.20. The van der Waals surface area contributed by atoms with Gasteiger partial charge >= 0.3 is 0 Å². The molecule has 1 aromatic heterocycles. The Hall–Kier alpha value is -0.480. The van der Waals surface area contributed by atoms with Gasteiger partial charge in [0.1, 0.15) is 5.82 Å². The van der Waals surface area contributed by atoms with Crippen molar-refractivity contribution < 1.29 is 4.74 Å². The largest absolute Gasteiger partial charge is 0.381 e. The highest BCUT2D eigenvalue weighted by atomic mass is 79.9. The molecule has 0 N–H and O–H groups in total. The van der Waals surface area contributed by atoms with E-state index in [9.17, 15) is 0 Å². The Morgan fingerprint density at radius 2 is 1.85 bits per heavy atom. The van der Waals surface area contributed by atoms with Crippen LogP contribution in [0.25, 0.3) is 0 Å². The lowest BCUT2D eigenvalue weighted by atomic mass is 10.00. The second kappa shape index (κ2) is 4.15. The molecule has 0 bridgehead atoms. The van der Waals surface area contributed by atoms with Crippen LogP contribution in [-0.2, 0) is 4.74 Å². The molecule has 0 unspecified atom stereocenters. The quantitative estimate of drug-likeness (QED) is 0.757. The second-order valence-corrected chi connectivity index (χ2v) is 4.06. The van der Waals surface area contributed by atoms with Crippen molar-refractivity contribution in [3.8, 4) is 0 Å². The van der Waals surface area contributed by atoms with Crippen molar-refractivity contribution in [3.63, 3.8) is 0 Å². The van der Waals surface area contributed by atoms with Crippen LogP contribution in [0.4, 0.5) is 0 Å². The molecule has 2 heterocycles. The number of ether oxygens (including phenoxy) is 1. The Labute approximate surface area is 85.7 Å². The van der Waals surface area contributed by atoms with Gasteiger partial charge in [-0.25, -0.2) is 9.97 Å². The van der Waals surface area contributed by atoms with Crippen molar-refractivity contribution in [3.05, 3.63) is 22.7 Å². The molecule has 2 rings (SSSR count). The van der Waals surface area contributed by atoms with Gasteiger partial charge in [-0.1, -0.05) is 0 Å². The molecule has 1 fully saturated rings. The smallest absolute Gasteiger partial charge is 0.131 e. The van der Waals surface area contributed by atoms with E-state index in [1.54, 1.807) is 12.4 Å². The first-order valence-electron chi connectivity index (χ1n) is 4.41. The third kappa shape index (κ3) is 2.25. The third-order valence-electron chi connectivity index (χ3n) is 2.23. The van der Waals surface area contributed by atoms with Crippen LogP contribution >= 0.6 is 15.9 Å². The van der Waals surface area contributed by atoms with E-state index in [1.807, 2.05) is 0 Å². The highest BCUT2D eigenvalue weighted by Crippen LogP contribution is 2.23. The molecule has 70 valence electrons. The summed E-state index contributed by atoms with van der Waals surface area (Å²) in [7, 11) is 0. The zero-order valence-corrected chi connectivity index (χ0v) is 8.83. The molecule has 0 spiro atoms. The van der Waals surface area contributed by atoms with Crippen molar-refractivity contribution >= 4 is 15.9 Å². The van der Waals surface area contributed by atoms with Gasteiger partial charge in [-0.05, 0) is 28.8 Å². The first-order valence-corrected chi connectivity index (χ1v) is 5.21. The van der Waals surface area contributed by atoms with Crippen molar-refractivity contribution in [1.82, 2.24) is 9.97 Å². The fourth-order valence-electron chi connectivity index (χ4n) is 1.49. The summed E-state index contributed by atoms with van der Waals surface area (Å²) >= 11 is 3.32. The lowest BCUT2D eigenvalue weighted by molar-refractivity contribution is 0.0835. The summed E-state index contributed by atoms with van der Waals surface area (Å²) < 4.78 is 6.21. The lowest BCUT2D eigenvalue weighted by Crippen LogP contribution is -2.16. The maximum Gasteiger partial charge on any atom is 0.131 e. The molecule has 0 atom stereocenters. The van der Waals surface area contributed by atoms with E-state index in [1.165, 1.54) is 0 Å². The molecule has 0 radical (unpaired) electrons. The summed E-state index contributed by atoms with van der Waals surface area (Å²) in [6.45, 7) is 1.67. The standard InChI is InChI=1S/C9H11BrN2O/c10-8-5-11-9(12-6-8)7-1-3-13-4-2-7/h5-7H,1-4H2. The minimum atomic E-state index is 0.488. The fourth-order valence-corrected chi connectivity index (χ4v) is 1.69. The van der Waals surface area contributed by atoms with Crippen LogP contribution in [0.2, 0.25) is 0 Å². The molecule has 0 amide bonds. The second-order valence-electron chi connectivity index (χ2n) is 3.15. The number of rotatable bonds is 1. The molecule has 13 heavy (non-hydrogen) atoms. The molecule has 3 nitrogen and oxygen atoms in total. The minimum Gasteiger partial charge on any atom is -0.381 e. The average molecular weight is 243 g/mol. The topological polar surface area (TPSA) is 35.0 Å². The Morgan fingerprint density at radius 3 is 2.46 bits per heavy atom. The maximum absolute atomic E-state index is 5.28. The van der Waals surface area contributed by atoms with Gasteiger partial charge in [0.25, 0.3) is 0 Å². The van der Waals surface area contributed by atoms with Crippen molar-refractivity contribution in [2.75, 3.05) is 13.2 Å². The number of aromatic nitrogens is 2. The molecule has 4 heteroatoms. The van der Waals surface area contributed by atoms with Crippen LogP contribution in [0, 0.1) is 0 Å². The van der Waals surface area contributed by atoms with E-state index in [-0.39, 0.29) is 0 Å². The third-order valence-corrected chi connectivity index (χ3v) is 2.64. The molecule has 1 aliphatic rings. The van der Waals surface area contributed by atoms with E-state index in [4.69, 9.17) is 4.74 Å². The first-order chi connectivity index (χ1) is 6.36. The van der Waals surface area contributed by atoms with Crippen LogP contribution in [0.1, 0.15) is 24.6 Å². The van der Waals surface area contributed by atoms with Crippen LogP contribution in [0.5, 0.6) is 0 Å². The molecular weight excluding hydrogens is 232 g/mol. The van der Waals surface area contributed by atoms with Gasteiger partial charge in [0.2, 0.25) is 0 Å². The molecular formula is C9H11BrN2O. The first kappa shape index (κ1) is 9.09.